The first-order chi connectivity index (χ1) is 22.7. The van der Waals surface area contributed by atoms with E-state index in [1.807, 2.05) is 0 Å². The van der Waals surface area contributed by atoms with Crippen molar-refractivity contribution >= 4 is 23.6 Å². The quantitative estimate of drug-likeness (QED) is 0.355. The van der Waals surface area contributed by atoms with E-state index in [4.69, 9.17) is 25.2 Å². The number of allylic oxidation sites excluding steroid dienone is 4. The molecule has 6 rings (SSSR count). The molecule has 4 aliphatic rings. The normalized spacial score (nSPS) is 33.3. The van der Waals surface area contributed by atoms with Crippen LogP contribution in [-0.2, 0) is 19.1 Å². The van der Waals surface area contributed by atoms with Crippen molar-refractivity contribution in [3.8, 4) is 23.3 Å². The zero-order chi connectivity index (χ0) is 34.6. The first kappa shape index (κ1) is 32.9. The molecule has 0 aromatic heterocycles. The van der Waals surface area contributed by atoms with Crippen LogP contribution in [0, 0.1) is 34.0 Å². The van der Waals surface area contributed by atoms with Crippen LogP contribution >= 0.6 is 0 Å². The molecule has 0 radical (unpaired) electrons. The van der Waals surface area contributed by atoms with E-state index < -0.39 is 64.5 Å². The number of aliphatic hydroxyl groups excluding tert-OH is 1. The van der Waals surface area contributed by atoms with Crippen LogP contribution in [0.3, 0.4) is 0 Å². The van der Waals surface area contributed by atoms with E-state index in [0.29, 0.717) is 24.8 Å². The van der Waals surface area contributed by atoms with Crippen molar-refractivity contribution < 1.29 is 48.0 Å². The van der Waals surface area contributed by atoms with E-state index in [1.54, 1.807) is 19.9 Å². The summed E-state index contributed by atoms with van der Waals surface area (Å²) in [5.74, 6) is -3.96. The Balaban J connectivity index is 1.29. The van der Waals surface area contributed by atoms with Crippen molar-refractivity contribution in [1.29, 1.82) is 5.26 Å². The lowest BCUT2D eigenvalue weighted by molar-refractivity contribution is -0.224. The lowest BCUT2D eigenvalue weighted by atomic mass is 9.45. The average Bonchev–Trinajstić information content (AvgIpc) is 3.33. The number of carbonyl (C=O) groups is 4. The maximum atomic E-state index is 17.6. The Morgan fingerprint density at radius 2 is 1.79 bits per heavy atom. The first-order valence-corrected chi connectivity index (χ1v) is 15.7. The highest BCUT2D eigenvalue weighted by Crippen LogP contribution is 2.70. The first-order valence-electron chi connectivity index (χ1n) is 15.7. The van der Waals surface area contributed by atoms with Gasteiger partial charge in [0.15, 0.2) is 18.1 Å². The number of aliphatic hydroxyl groups is 1. The topological polar surface area (TPSA) is 186 Å². The summed E-state index contributed by atoms with van der Waals surface area (Å²) in [6.45, 7) is 2.80. The van der Waals surface area contributed by atoms with E-state index in [1.165, 1.54) is 60.7 Å². The molecule has 11 nitrogen and oxygen atoms in total. The predicted molar refractivity (Wildman–Crippen MR) is 166 cm³/mol. The van der Waals surface area contributed by atoms with Crippen molar-refractivity contribution in [3.05, 3.63) is 77.4 Å². The molecule has 48 heavy (non-hydrogen) atoms. The third-order valence-corrected chi connectivity index (χ3v) is 11.2. The zero-order valence-corrected chi connectivity index (χ0v) is 26.4. The fourth-order valence-electron chi connectivity index (χ4n) is 8.75. The lowest BCUT2D eigenvalue weighted by Crippen LogP contribution is -2.69. The van der Waals surface area contributed by atoms with Crippen LogP contribution in [0.1, 0.15) is 66.7 Å². The molecule has 4 N–H and O–H groups in total. The van der Waals surface area contributed by atoms with Crippen molar-refractivity contribution in [3.63, 3.8) is 0 Å². The number of halogens is 1. The van der Waals surface area contributed by atoms with Crippen LogP contribution in [0.2, 0.25) is 0 Å². The number of ether oxygens (including phenoxy) is 3. The van der Waals surface area contributed by atoms with Gasteiger partial charge in [-0.25, -0.2) is 14.0 Å². The number of rotatable bonds is 7. The molecule has 7 atom stereocenters. The summed E-state index contributed by atoms with van der Waals surface area (Å²) in [6.07, 6.45) is 3.51. The highest BCUT2D eigenvalue weighted by molar-refractivity contribution is 6.01. The molecular weight excluding hydrogens is 623 g/mol. The summed E-state index contributed by atoms with van der Waals surface area (Å²) in [6, 6.07) is 11.5. The van der Waals surface area contributed by atoms with Gasteiger partial charge in [0.05, 0.1) is 17.2 Å². The van der Waals surface area contributed by atoms with Gasteiger partial charge in [-0.05, 0) is 99.6 Å². The number of nitrogens with two attached hydrogens (primary N) is 1. The van der Waals surface area contributed by atoms with Crippen molar-refractivity contribution in [1.82, 2.24) is 0 Å². The lowest BCUT2D eigenvalue weighted by Gasteiger charge is -2.62. The number of ketones is 1. The molecule has 4 aliphatic carbocycles. The van der Waals surface area contributed by atoms with Gasteiger partial charge < -0.3 is 30.2 Å². The summed E-state index contributed by atoms with van der Waals surface area (Å²) in [5, 5.41) is 30.7. The fourth-order valence-corrected chi connectivity index (χ4v) is 8.75. The number of phenols is 1. The van der Waals surface area contributed by atoms with E-state index in [2.05, 4.69) is 0 Å². The van der Waals surface area contributed by atoms with Crippen LogP contribution in [0.15, 0.2) is 66.3 Å². The van der Waals surface area contributed by atoms with E-state index in [9.17, 15) is 29.4 Å². The molecule has 0 heterocycles. The molecule has 0 saturated heterocycles. The van der Waals surface area contributed by atoms with Crippen molar-refractivity contribution in [2.45, 2.75) is 63.3 Å². The van der Waals surface area contributed by atoms with Gasteiger partial charge in [0, 0.05) is 16.7 Å². The van der Waals surface area contributed by atoms with Crippen LogP contribution in [0.4, 0.5) is 4.39 Å². The van der Waals surface area contributed by atoms with Crippen LogP contribution in [0.5, 0.6) is 17.2 Å². The number of nitrogens with zero attached hydrogens (tertiary/aromatic N) is 1. The highest BCUT2D eigenvalue weighted by atomic mass is 19.1. The minimum absolute atomic E-state index is 0.0125. The number of alkyl halides is 1. The molecule has 250 valence electrons. The Labute approximate surface area is 275 Å². The monoisotopic (exact) mass is 658 g/mol. The number of hydrogen-bond acceptors (Lipinski definition) is 10. The van der Waals surface area contributed by atoms with Crippen molar-refractivity contribution in [2.24, 2.45) is 28.4 Å². The second-order valence-electron chi connectivity index (χ2n) is 13.4. The standard InChI is InChI=1S/C36H35FN2O9/c1-33-13-11-22(40)17-21(33)5-9-27-26-12-14-35(32(45)46-16-15-38,34(26,2)19-29(42)36(27,33)37)48-31(44)20-3-6-23(7-4-20)47-24-8-10-28(41)25(18-24)30(39)43/h3-4,6-8,10-11,13,17-18,26-27,29,41-42H,5,9,12,14,16,19H2,1-2H3,(H2,39,43)/t26-,27-,29-,33-,34-,35+,36?/m0/s1. The third-order valence-electron chi connectivity index (χ3n) is 11.2. The van der Waals surface area contributed by atoms with Crippen LogP contribution < -0.4 is 10.5 Å². The second kappa shape index (κ2) is 11.6. The summed E-state index contributed by atoms with van der Waals surface area (Å²) < 4.78 is 34.7. The number of carbonyl (C=O) groups excluding carboxylic acids is 4. The molecule has 1 unspecified atom stereocenters. The second-order valence-corrected chi connectivity index (χ2v) is 13.4. The Hall–Kier alpha value is -5.02. The Bertz CT molecular complexity index is 1820. The fraction of sp³-hybridized carbons (Fsp3) is 0.417. The Morgan fingerprint density at radius 3 is 2.48 bits per heavy atom. The van der Waals surface area contributed by atoms with Gasteiger partial charge in [0.25, 0.3) is 5.91 Å². The minimum atomic E-state index is -2.15. The smallest absolute Gasteiger partial charge is 0.352 e. The molecule has 3 saturated carbocycles. The van der Waals surface area contributed by atoms with Gasteiger partial charge in [0.1, 0.15) is 23.3 Å². The number of primary amides is 1. The predicted octanol–water partition coefficient (Wildman–Crippen LogP) is 4.62. The SMILES string of the molecule is C[C@]12C=CC(=O)C=C1CC[C@H]1[C@@H]3CC[C@@](OC(=O)c4ccc(Oc5ccc(O)c(C(N)=O)c5)cc4)(C(=O)OCC#N)[C@@]3(C)C[C@H](O)C12F. The molecule has 0 spiro atoms. The molecule has 2 aromatic rings. The third kappa shape index (κ3) is 4.79. The number of amides is 1. The Kier molecular flexibility index (Phi) is 7.95. The molecule has 0 aliphatic heterocycles. The molecular formula is C36H35FN2O9. The summed E-state index contributed by atoms with van der Waals surface area (Å²) in [5.41, 5.74) is -0.762. The summed E-state index contributed by atoms with van der Waals surface area (Å²) in [7, 11) is 0. The van der Waals surface area contributed by atoms with E-state index >= 15 is 4.39 Å². The van der Waals surface area contributed by atoms with Gasteiger partial charge in [-0.3, -0.25) is 9.59 Å². The number of benzene rings is 2. The van der Waals surface area contributed by atoms with Crippen LogP contribution in [0.25, 0.3) is 0 Å². The van der Waals surface area contributed by atoms with E-state index in [0.717, 1.165) is 0 Å². The van der Waals surface area contributed by atoms with Gasteiger partial charge in [-0.2, -0.15) is 5.26 Å². The molecule has 3 fully saturated rings. The zero-order valence-electron chi connectivity index (χ0n) is 26.4. The number of fused-ring (bicyclic) bond motifs is 5. The molecule has 0 bridgehead atoms. The largest absolute Gasteiger partial charge is 0.507 e. The van der Waals surface area contributed by atoms with Gasteiger partial charge in [-0.1, -0.05) is 18.6 Å². The minimum Gasteiger partial charge on any atom is -0.507 e. The number of aromatic hydroxyl groups is 1. The summed E-state index contributed by atoms with van der Waals surface area (Å²) in [4.78, 5) is 51.3. The van der Waals surface area contributed by atoms with Gasteiger partial charge in [-0.15, -0.1) is 0 Å². The maximum Gasteiger partial charge on any atom is 0.352 e. The van der Waals surface area contributed by atoms with Crippen molar-refractivity contribution in [2.75, 3.05) is 6.61 Å². The number of esters is 2. The number of hydrogen-bond donors (Lipinski definition) is 3. The molecule has 1 amide bonds. The van der Waals surface area contributed by atoms with E-state index in [-0.39, 0.29) is 47.0 Å². The molecule has 2 aromatic carbocycles. The van der Waals surface area contributed by atoms with Gasteiger partial charge >= 0.3 is 11.9 Å². The van der Waals surface area contributed by atoms with Crippen LogP contribution in [-0.4, -0.2) is 57.8 Å². The number of nitriles is 1. The average molecular weight is 659 g/mol. The molecule has 12 heteroatoms. The Morgan fingerprint density at radius 1 is 1.08 bits per heavy atom. The maximum absolute atomic E-state index is 17.6. The highest BCUT2D eigenvalue weighted by Gasteiger charge is 2.76. The van der Waals surface area contributed by atoms with Gasteiger partial charge in [0.2, 0.25) is 5.60 Å². The summed E-state index contributed by atoms with van der Waals surface area (Å²) >= 11 is 0.